The molecule has 0 aromatic heterocycles. The Balaban J connectivity index is 1.35. The van der Waals surface area contributed by atoms with Crippen LogP contribution in [0.5, 0.6) is 5.75 Å². The standard InChI is InChI=1S/C23H34F4OSi/c1-16(24)3-2-10-29-11-8-19(9-12-29)18-6-4-17(5-7-18)15-28-20-13-21(25)23(27)22(26)14-20/h13-14,16-19,29H,2-12,15H2,1H3/t16?,17-,18-,19?,29?. The maximum atomic E-state index is 13.3. The molecule has 1 aromatic carbocycles. The molecule has 6 heteroatoms. The summed E-state index contributed by atoms with van der Waals surface area (Å²) in [7, 11) is -0.623. The monoisotopic (exact) mass is 430 g/mol. The Morgan fingerprint density at radius 1 is 0.966 bits per heavy atom. The molecule has 0 radical (unpaired) electrons. The second-order valence-electron chi connectivity index (χ2n) is 9.29. The average Bonchev–Trinajstić information content (AvgIpc) is 2.71. The molecular formula is C23H34F4OSi. The number of hydrogen-bond acceptors (Lipinski definition) is 1. The van der Waals surface area contributed by atoms with Crippen LogP contribution in [-0.4, -0.2) is 21.6 Å². The first kappa shape index (κ1) is 22.6. The van der Waals surface area contributed by atoms with Crippen LogP contribution in [0.4, 0.5) is 17.6 Å². The van der Waals surface area contributed by atoms with Crippen LogP contribution >= 0.6 is 0 Å². The maximum absolute atomic E-state index is 13.3. The van der Waals surface area contributed by atoms with Gasteiger partial charge in [0.05, 0.1) is 12.8 Å². The van der Waals surface area contributed by atoms with Crippen molar-refractivity contribution >= 4 is 8.80 Å². The van der Waals surface area contributed by atoms with E-state index >= 15 is 0 Å². The summed E-state index contributed by atoms with van der Waals surface area (Å²) in [5.41, 5.74) is 0. The fourth-order valence-corrected chi connectivity index (χ4v) is 8.77. The van der Waals surface area contributed by atoms with E-state index in [1.165, 1.54) is 43.8 Å². The molecule has 1 aliphatic carbocycles. The van der Waals surface area contributed by atoms with Gasteiger partial charge in [0.25, 0.3) is 0 Å². The molecule has 2 aliphatic rings. The highest BCUT2D eigenvalue weighted by molar-refractivity contribution is 6.58. The fourth-order valence-electron chi connectivity index (χ4n) is 5.29. The van der Waals surface area contributed by atoms with E-state index in [1.807, 2.05) is 0 Å². The van der Waals surface area contributed by atoms with Gasteiger partial charge in [0.15, 0.2) is 17.5 Å². The summed E-state index contributed by atoms with van der Waals surface area (Å²) in [4.78, 5) is 0. The van der Waals surface area contributed by atoms with Gasteiger partial charge in [0.2, 0.25) is 0 Å². The zero-order chi connectivity index (χ0) is 20.8. The second-order valence-corrected chi connectivity index (χ2v) is 12.7. The molecule has 0 N–H and O–H groups in total. The third-order valence-corrected chi connectivity index (χ3v) is 10.6. The topological polar surface area (TPSA) is 9.23 Å². The van der Waals surface area contributed by atoms with Crippen molar-refractivity contribution in [2.24, 2.45) is 17.8 Å². The summed E-state index contributed by atoms with van der Waals surface area (Å²) < 4.78 is 58.1. The SMILES string of the molecule is CC(F)CCC[SiH]1CCC([C@H]2CC[C@H](COc3cc(F)c(F)c(F)c3)CC2)CC1. The second kappa shape index (κ2) is 10.8. The van der Waals surface area contributed by atoms with Crippen molar-refractivity contribution in [3.8, 4) is 5.75 Å². The van der Waals surface area contributed by atoms with Gasteiger partial charge in [-0.3, -0.25) is 0 Å². The molecule has 29 heavy (non-hydrogen) atoms. The third-order valence-electron chi connectivity index (χ3n) is 7.11. The Bertz CT molecular complexity index is 615. The summed E-state index contributed by atoms with van der Waals surface area (Å²) in [6, 6.07) is 6.00. The molecule has 0 bridgehead atoms. The van der Waals surface area contributed by atoms with Gasteiger partial charge in [-0.15, -0.1) is 0 Å². The highest BCUT2D eigenvalue weighted by Gasteiger charge is 2.31. The van der Waals surface area contributed by atoms with Crippen molar-refractivity contribution in [1.29, 1.82) is 0 Å². The van der Waals surface area contributed by atoms with Gasteiger partial charge in [-0.2, -0.15) is 0 Å². The van der Waals surface area contributed by atoms with Crippen LogP contribution in [0.1, 0.15) is 58.3 Å². The van der Waals surface area contributed by atoms with Crippen molar-refractivity contribution in [2.45, 2.75) is 82.6 Å². The normalized spacial score (nSPS) is 28.9. The predicted octanol–water partition coefficient (Wildman–Crippen LogP) is 7.06. The predicted molar refractivity (Wildman–Crippen MR) is 111 cm³/mol. The van der Waals surface area contributed by atoms with Gasteiger partial charge in [0.1, 0.15) is 5.75 Å². The lowest BCUT2D eigenvalue weighted by Crippen LogP contribution is -2.29. The first-order chi connectivity index (χ1) is 13.9. The number of benzene rings is 1. The Hall–Kier alpha value is -1.04. The average molecular weight is 431 g/mol. The van der Waals surface area contributed by atoms with Crippen LogP contribution in [0.3, 0.4) is 0 Å². The number of alkyl halides is 1. The minimum Gasteiger partial charge on any atom is -0.493 e. The molecular weight excluding hydrogens is 396 g/mol. The highest BCUT2D eigenvalue weighted by atomic mass is 28.3. The zero-order valence-electron chi connectivity index (χ0n) is 17.4. The Morgan fingerprint density at radius 3 is 2.14 bits per heavy atom. The summed E-state index contributed by atoms with van der Waals surface area (Å²) in [5, 5.41) is 0. The third kappa shape index (κ3) is 6.73. The fraction of sp³-hybridized carbons (Fsp3) is 0.739. The van der Waals surface area contributed by atoms with Gasteiger partial charge in [0, 0.05) is 20.9 Å². The van der Waals surface area contributed by atoms with Crippen molar-refractivity contribution in [2.75, 3.05) is 6.61 Å². The summed E-state index contributed by atoms with van der Waals surface area (Å²) >= 11 is 0. The molecule has 164 valence electrons. The first-order valence-electron chi connectivity index (χ1n) is 11.3. The van der Waals surface area contributed by atoms with Gasteiger partial charge >= 0.3 is 0 Å². The van der Waals surface area contributed by atoms with E-state index in [0.717, 1.165) is 49.7 Å². The quantitative estimate of drug-likeness (QED) is 0.244. The molecule has 1 atom stereocenters. The minimum absolute atomic E-state index is 0.0639. The van der Waals surface area contributed by atoms with E-state index in [2.05, 4.69) is 0 Å². The van der Waals surface area contributed by atoms with E-state index in [0.29, 0.717) is 12.5 Å². The summed E-state index contributed by atoms with van der Waals surface area (Å²) in [5.74, 6) is -1.75. The molecule has 0 amide bonds. The van der Waals surface area contributed by atoms with Crippen molar-refractivity contribution in [1.82, 2.24) is 0 Å². The Morgan fingerprint density at radius 2 is 1.55 bits per heavy atom. The van der Waals surface area contributed by atoms with Crippen LogP contribution in [0, 0.1) is 35.2 Å². The molecule has 1 heterocycles. The number of halogens is 4. The molecule has 1 aliphatic heterocycles. The summed E-state index contributed by atoms with van der Waals surface area (Å²) in [6.07, 6.45) is 8.46. The van der Waals surface area contributed by atoms with Gasteiger partial charge in [-0.25, -0.2) is 17.6 Å². The first-order valence-corrected chi connectivity index (χ1v) is 13.8. The van der Waals surface area contributed by atoms with Crippen LogP contribution in [0.2, 0.25) is 18.1 Å². The lowest BCUT2D eigenvalue weighted by molar-refractivity contribution is 0.147. The van der Waals surface area contributed by atoms with Crippen LogP contribution in [0.15, 0.2) is 12.1 Å². The van der Waals surface area contributed by atoms with Gasteiger partial charge in [-0.1, -0.05) is 37.4 Å². The number of ether oxygens (including phenoxy) is 1. The Labute approximate surface area is 173 Å². The smallest absolute Gasteiger partial charge is 0.194 e. The minimum atomic E-state index is -1.45. The molecule has 1 saturated carbocycles. The molecule has 0 spiro atoms. The molecule has 1 nitrogen and oxygen atoms in total. The van der Waals surface area contributed by atoms with E-state index < -0.39 is 32.4 Å². The maximum Gasteiger partial charge on any atom is 0.194 e. The van der Waals surface area contributed by atoms with Crippen molar-refractivity contribution in [3.63, 3.8) is 0 Å². The highest BCUT2D eigenvalue weighted by Crippen LogP contribution is 2.41. The van der Waals surface area contributed by atoms with E-state index in [1.54, 1.807) is 6.92 Å². The molecule has 2 fully saturated rings. The van der Waals surface area contributed by atoms with Gasteiger partial charge < -0.3 is 4.74 Å². The molecule has 1 aromatic rings. The van der Waals surface area contributed by atoms with E-state index in [9.17, 15) is 17.6 Å². The Kier molecular flexibility index (Phi) is 8.45. The zero-order valence-corrected chi connectivity index (χ0v) is 18.6. The largest absolute Gasteiger partial charge is 0.493 e. The van der Waals surface area contributed by atoms with Gasteiger partial charge in [-0.05, 0) is 56.8 Å². The van der Waals surface area contributed by atoms with E-state index in [-0.39, 0.29) is 5.75 Å². The van der Waals surface area contributed by atoms with Crippen LogP contribution in [-0.2, 0) is 0 Å². The van der Waals surface area contributed by atoms with Crippen LogP contribution in [0.25, 0.3) is 0 Å². The number of hydrogen-bond donors (Lipinski definition) is 0. The van der Waals surface area contributed by atoms with E-state index in [4.69, 9.17) is 4.74 Å². The van der Waals surface area contributed by atoms with Crippen molar-refractivity contribution < 1.29 is 22.3 Å². The lowest BCUT2D eigenvalue weighted by Gasteiger charge is -2.37. The summed E-state index contributed by atoms with van der Waals surface area (Å²) in [6.45, 7) is 2.10. The molecule has 3 rings (SSSR count). The molecule has 1 saturated heterocycles. The molecule has 1 unspecified atom stereocenters. The lowest BCUT2D eigenvalue weighted by atomic mass is 9.74. The van der Waals surface area contributed by atoms with Crippen LogP contribution < -0.4 is 4.74 Å². The van der Waals surface area contributed by atoms with Crippen molar-refractivity contribution in [3.05, 3.63) is 29.6 Å². The number of rotatable bonds is 8.